The summed E-state index contributed by atoms with van der Waals surface area (Å²) in [6, 6.07) is 3.53. The van der Waals surface area contributed by atoms with Gasteiger partial charge in [0.25, 0.3) is 0 Å². The van der Waals surface area contributed by atoms with Gasteiger partial charge >= 0.3 is 12.3 Å². The highest BCUT2D eigenvalue weighted by Crippen LogP contribution is 2.31. The highest BCUT2D eigenvalue weighted by molar-refractivity contribution is 7.19. The molecule has 0 fully saturated rings. The van der Waals surface area contributed by atoms with E-state index in [1.54, 1.807) is 31.5 Å². The molecule has 5 nitrogen and oxygen atoms in total. The number of nitrogens with one attached hydrogen (secondary N) is 1. The third kappa shape index (κ3) is 3.94. The van der Waals surface area contributed by atoms with Gasteiger partial charge in [-0.05, 0) is 26.0 Å². The highest BCUT2D eigenvalue weighted by Gasteiger charge is 2.39. The lowest BCUT2D eigenvalue weighted by Gasteiger charge is -2.16. The van der Waals surface area contributed by atoms with Crippen LogP contribution in [-0.2, 0) is 4.74 Å². The second-order valence-corrected chi connectivity index (χ2v) is 5.39. The number of carbonyl (C=O) groups is 1. The molecule has 2 aromatic rings. The monoisotopic (exact) mass is 331 g/mol. The predicted molar refractivity (Wildman–Crippen MR) is 75.7 cm³/mol. The maximum absolute atomic E-state index is 12.3. The van der Waals surface area contributed by atoms with Crippen LogP contribution in [0.3, 0.4) is 0 Å². The van der Waals surface area contributed by atoms with Crippen molar-refractivity contribution in [3.05, 3.63) is 30.2 Å². The van der Waals surface area contributed by atoms with Gasteiger partial charge in [-0.1, -0.05) is 11.3 Å². The maximum atomic E-state index is 12.3. The molecule has 0 aliphatic heterocycles. The molecule has 0 aliphatic rings. The number of anilines is 1. The maximum Gasteiger partial charge on any atom is 0.425 e. The topological polar surface area (TPSA) is 64.1 Å². The van der Waals surface area contributed by atoms with Gasteiger partial charge in [0.15, 0.2) is 6.10 Å². The molecule has 118 valence electrons. The Balaban J connectivity index is 2.08. The molecule has 0 saturated carbocycles. The lowest BCUT2D eigenvalue weighted by molar-refractivity contribution is -0.196. The predicted octanol–water partition coefficient (Wildman–Crippen LogP) is 4.01. The van der Waals surface area contributed by atoms with Crippen LogP contribution in [0.2, 0.25) is 0 Å². The first-order valence-electron chi connectivity index (χ1n) is 6.19. The molecule has 2 rings (SSSR count). The Labute approximate surface area is 128 Å². The summed E-state index contributed by atoms with van der Waals surface area (Å²) in [4.78, 5) is 19.7. The fourth-order valence-corrected chi connectivity index (χ4v) is 2.42. The van der Waals surface area contributed by atoms with Gasteiger partial charge in [0, 0.05) is 18.0 Å². The van der Waals surface area contributed by atoms with E-state index >= 15 is 0 Å². The van der Waals surface area contributed by atoms with E-state index in [4.69, 9.17) is 0 Å². The number of pyridine rings is 1. The molecule has 9 heteroatoms. The van der Waals surface area contributed by atoms with Crippen molar-refractivity contribution >= 4 is 22.4 Å². The van der Waals surface area contributed by atoms with E-state index < -0.39 is 18.4 Å². The number of rotatable bonds is 3. The van der Waals surface area contributed by atoms with Crippen LogP contribution < -0.4 is 5.32 Å². The van der Waals surface area contributed by atoms with E-state index in [2.05, 4.69) is 20.0 Å². The molecule has 1 amide bonds. The highest BCUT2D eigenvalue weighted by atomic mass is 32.1. The van der Waals surface area contributed by atoms with Crippen molar-refractivity contribution in [1.82, 2.24) is 9.97 Å². The number of ether oxygens (including phenoxy) is 1. The first-order chi connectivity index (χ1) is 10.3. The smallest absolute Gasteiger partial charge is 0.425 e. The van der Waals surface area contributed by atoms with Gasteiger partial charge in [-0.15, -0.1) is 0 Å². The van der Waals surface area contributed by atoms with Gasteiger partial charge in [-0.2, -0.15) is 13.2 Å². The zero-order chi connectivity index (χ0) is 16.3. The summed E-state index contributed by atoms with van der Waals surface area (Å²) < 4.78 is 41.3. The van der Waals surface area contributed by atoms with Gasteiger partial charge < -0.3 is 4.74 Å². The van der Waals surface area contributed by atoms with Crippen LogP contribution in [0.15, 0.2) is 24.5 Å². The standard InChI is InChI=1S/C13H12F3N3O2S/c1-7-10(19-12(20)21-8(2)13(14,15)16)22-11(18-7)9-4-3-5-17-6-9/h3-6,8H,1-2H3,(H,19,20). The Morgan fingerprint density at radius 2 is 2.18 bits per heavy atom. The van der Waals surface area contributed by atoms with Gasteiger partial charge in [-0.25, -0.2) is 9.78 Å². The van der Waals surface area contributed by atoms with Crippen LogP contribution in [0.25, 0.3) is 10.6 Å². The van der Waals surface area contributed by atoms with Crippen LogP contribution in [-0.4, -0.2) is 28.3 Å². The number of carbonyl (C=O) groups excluding carboxylic acids is 1. The minimum absolute atomic E-state index is 0.332. The number of thiazole rings is 1. The Morgan fingerprint density at radius 1 is 1.45 bits per heavy atom. The molecule has 2 aromatic heterocycles. The summed E-state index contributed by atoms with van der Waals surface area (Å²) in [6.07, 6.45) is -4.74. The second-order valence-electron chi connectivity index (χ2n) is 4.39. The van der Waals surface area contributed by atoms with E-state index in [1.807, 2.05) is 0 Å². The van der Waals surface area contributed by atoms with E-state index in [9.17, 15) is 18.0 Å². The molecular formula is C13H12F3N3O2S. The third-order valence-electron chi connectivity index (χ3n) is 2.67. The molecule has 1 unspecified atom stereocenters. The van der Waals surface area contributed by atoms with Crippen LogP contribution >= 0.6 is 11.3 Å². The third-order valence-corrected chi connectivity index (χ3v) is 3.79. The molecule has 22 heavy (non-hydrogen) atoms. The first-order valence-corrected chi connectivity index (χ1v) is 7.01. The number of alkyl halides is 3. The number of hydrogen-bond acceptors (Lipinski definition) is 5. The summed E-state index contributed by atoms with van der Waals surface area (Å²) in [5.74, 6) is 0. The average molecular weight is 331 g/mol. The number of aromatic nitrogens is 2. The number of hydrogen-bond donors (Lipinski definition) is 1. The molecule has 0 aliphatic carbocycles. The summed E-state index contributed by atoms with van der Waals surface area (Å²) in [5, 5.41) is 3.21. The van der Waals surface area contributed by atoms with Crippen LogP contribution in [0.5, 0.6) is 0 Å². The van der Waals surface area contributed by atoms with Crippen molar-refractivity contribution in [2.45, 2.75) is 26.1 Å². The van der Waals surface area contributed by atoms with Crippen LogP contribution in [0.1, 0.15) is 12.6 Å². The SMILES string of the molecule is Cc1nc(-c2cccnc2)sc1NC(=O)OC(C)C(F)(F)F. The van der Waals surface area contributed by atoms with Gasteiger partial charge in [0.05, 0.1) is 5.69 Å². The molecule has 0 spiro atoms. The first kappa shape index (κ1) is 16.2. The fourth-order valence-electron chi connectivity index (χ4n) is 1.47. The summed E-state index contributed by atoms with van der Waals surface area (Å²) in [6.45, 7) is 2.40. The molecule has 0 bridgehead atoms. The van der Waals surface area contributed by atoms with E-state index in [0.29, 0.717) is 15.7 Å². The second kappa shape index (κ2) is 6.30. The Kier molecular flexibility index (Phi) is 4.65. The van der Waals surface area contributed by atoms with Crippen molar-refractivity contribution in [3.63, 3.8) is 0 Å². The number of amides is 1. The molecule has 0 aromatic carbocycles. The van der Waals surface area contributed by atoms with E-state index in [0.717, 1.165) is 23.8 Å². The van der Waals surface area contributed by atoms with Crippen molar-refractivity contribution in [1.29, 1.82) is 0 Å². The number of halogens is 3. The fraction of sp³-hybridized carbons (Fsp3) is 0.308. The number of aryl methyl sites for hydroxylation is 1. The minimum Gasteiger partial charge on any atom is -0.437 e. The molecule has 1 N–H and O–H groups in total. The lowest BCUT2D eigenvalue weighted by atomic mass is 10.3. The van der Waals surface area contributed by atoms with Gasteiger partial charge in [0.1, 0.15) is 10.0 Å². The van der Waals surface area contributed by atoms with Crippen molar-refractivity contribution in [2.75, 3.05) is 5.32 Å². The normalized spacial score (nSPS) is 12.8. The Hall–Kier alpha value is -2.16. The Morgan fingerprint density at radius 3 is 2.77 bits per heavy atom. The lowest BCUT2D eigenvalue weighted by Crippen LogP contribution is -2.32. The number of nitrogens with zero attached hydrogens (tertiary/aromatic N) is 2. The van der Waals surface area contributed by atoms with Gasteiger partial charge in [-0.3, -0.25) is 10.3 Å². The van der Waals surface area contributed by atoms with E-state index in [1.165, 1.54) is 0 Å². The average Bonchev–Trinajstić information content (AvgIpc) is 2.80. The van der Waals surface area contributed by atoms with Crippen LogP contribution in [0.4, 0.5) is 23.0 Å². The van der Waals surface area contributed by atoms with Crippen molar-refractivity contribution < 1.29 is 22.7 Å². The van der Waals surface area contributed by atoms with Crippen LogP contribution in [0, 0.1) is 6.92 Å². The zero-order valence-electron chi connectivity index (χ0n) is 11.6. The molecule has 2 heterocycles. The van der Waals surface area contributed by atoms with Gasteiger partial charge in [0.2, 0.25) is 0 Å². The molecular weight excluding hydrogens is 319 g/mol. The molecule has 0 radical (unpaired) electrons. The summed E-state index contributed by atoms with van der Waals surface area (Å²) >= 11 is 1.13. The largest absolute Gasteiger partial charge is 0.437 e. The zero-order valence-corrected chi connectivity index (χ0v) is 12.5. The molecule has 0 saturated heterocycles. The Bertz CT molecular complexity index is 658. The van der Waals surface area contributed by atoms with Crippen molar-refractivity contribution in [3.8, 4) is 10.6 Å². The molecule has 1 atom stereocenters. The quantitative estimate of drug-likeness (QED) is 0.923. The summed E-state index contributed by atoms with van der Waals surface area (Å²) in [5.41, 5.74) is 1.24. The van der Waals surface area contributed by atoms with E-state index in [-0.39, 0.29) is 0 Å². The van der Waals surface area contributed by atoms with Crippen molar-refractivity contribution in [2.24, 2.45) is 0 Å². The summed E-state index contributed by atoms with van der Waals surface area (Å²) in [7, 11) is 0. The minimum atomic E-state index is -4.60.